The summed E-state index contributed by atoms with van der Waals surface area (Å²) in [6.45, 7) is 11.9. The molecule has 0 amide bonds. The molecule has 1 aliphatic carbocycles. The van der Waals surface area contributed by atoms with E-state index in [0.29, 0.717) is 0 Å². The lowest BCUT2D eigenvalue weighted by atomic mass is 9.85. The van der Waals surface area contributed by atoms with Crippen molar-refractivity contribution in [2.24, 2.45) is 11.3 Å². The predicted octanol–water partition coefficient (Wildman–Crippen LogP) is 2.22. The average molecular weight is 266 g/mol. The number of rotatable bonds is 4. The smallest absolute Gasteiger partial charge is 0.0594 e. The topological polar surface area (TPSA) is 15.7 Å². The second-order valence-electron chi connectivity index (χ2n) is 7.18. The third-order valence-electron chi connectivity index (χ3n) is 5.52. The number of ether oxygens (including phenoxy) is 1. The van der Waals surface area contributed by atoms with Crippen LogP contribution in [0.15, 0.2) is 0 Å². The molecule has 3 fully saturated rings. The summed E-state index contributed by atoms with van der Waals surface area (Å²) in [5, 5.41) is 0. The van der Waals surface area contributed by atoms with Gasteiger partial charge in [-0.2, -0.15) is 0 Å². The lowest BCUT2D eigenvalue weighted by Gasteiger charge is -2.28. The van der Waals surface area contributed by atoms with Crippen LogP contribution >= 0.6 is 0 Å². The summed E-state index contributed by atoms with van der Waals surface area (Å²) in [7, 11) is 0. The van der Waals surface area contributed by atoms with Crippen LogP contribution in [0.4, 0.5) is 0 Å². The van der Waals surface area contributed by atoms with Crippen LogP contribution < -0.4 is 0 Å². The van der Waals surface area contributed by atoms with Crippen molar-refractivity contribution in [3.8, 4) is 0 Å². The molecule has 0 unspecified atom stereocenters. The van der Waals surface area contributed by atoms with Gasteiger partial charge in [0.25, 0.3) is 0 Å². The molecule has 0 bridgehead atoms. The Morgan fingerprint density at radius 3 is 2.58 bits per heavy atom. The molecule has 1 saturated carbocycles. The van der Waals surface area contributed by atoms with Crippen molar-refractivity contribution in [1.82, 2.24) is 9.80 Å². The summed E-state index contributed by atoms with van der Waals surface area (Å²) in [6.07, 6.45) is 7.27. The fraction of sp³-hybridized carbons (Fsp3) is 1.00. The molecule has 2 heterocycles. The van der Waals surface area contributed by atoms with E-state index in [1.54, 1.807) is 0 Å². The average Bonchev–Trinajstić information content (AvgIpc) is 2.98. The SMILES string of the molecule is C[C@H]1CC[C@]2(CCN(CCCN3CCOCC3)C2)C1. The van der Waals surface area contributed by atoms with Gasteiger partial charge in [0.05, 0.1) is 13.2 Å². The van der Waals surface area contributed by atoms with Crippen LogP contribution in [0.3, 0.4) is 0 Å². The maximum Gasteiger partial charge on any atom is 0.0594 e. The molecule has 2 aliphatic heterocycles. The van der Waals surface area contributed by atoms with E-state index in [9.17, 15) is 0 Å². The van der Waals surface area contributed by atoms with Gasteiger partial charge in [-0.15, -0.1) is 0 Å². The molecule has 2 saturated heterocycles. The molecule has 0 radical (unpaired) electrons. The molecule has 3 aliphatic rings. The fourth-order valence-electron chi connectivity index (χ4n) is 4.43. The van der Waals surface area contributed by atoms with Crippen molar-refractivity contribution in [2.45, 2.75) is 39.0 Å². The normalized spacial score (nSPS) is 37.4. The van der Waals surface area contributed by atoms with E-state index in [4.69, 9.17) is 4.74 Å². The van der Waals surface area contributed by atoms with Crippen LogP contribution in [0.2, 0.25) is 0 Å². The predicted molar refractivity (Wildman–Crippen MR) is 78.4 cm³/mol. The zero-order valence-electron chi connectivity index (χ0n) is 12.6. The Labute approximate surface area is 118 Å². The van der Waals surface area contributed by atoms with E-state index in [1.165, 1.54) is 58.3 Å². The Kier molecular flexibility index (Phi) is 4.45. The molecule has 19 heavy (non-hydrogen) atoms. The number of hydrogen-bond donors (Lipinski definition) is 0. The van der Waals surface area contributed by atoms with Crippen LogP contribution in [0.25, 0.3) is 0 Å². The highest BCUT2D eigenvalue weighted by molar-refractivity contribution is 4.95. The second kappa shape index (κ2) is 6.11. The van der Waals surface area contributed by atoms with Crippen LogP contribution in [-0.2, 0) is 4.74 Å². The zero-order chi connectivity index (χ0) is 13.1. The summed E-state index contributed by atoms with van der Waals surface area (Å²) < 4.78 is 5.40. The lowest BCUT2D eigenvalue weighted by Crippen LogP contribution is -2.38. The Morgan fingerprint density at radius 1 is 1.05 bits per heavy atom. The molecule has 110 valence electrons. The first-order valence-corrected chi connectivity index (χ1v) is 8.28. The largest absolute Gasteiger partial charge is 0.379 e. The Morgan fingerprint density at radius 2 is 1.84 bits per heavy atom. The molecular formula is C16H30N2O. The second-order valence-corrected chi connectivity index (χ2v) is 7.18. The minimum Gasteiger partial charge on any atom is -0.379 e. The molecule has 3 heteroatoms. The summed E-state index contributed by atoms with van der Waals surface area (Å²) in [4.78, 5) is 5.30. The Balaban J connectivity index is 1.35. The van der Waals surface area contributed by atoms with Gasteiger partial charge in [0.1, 0.15) is 0 Å². The van der Waals surface area contributed by atoms with Gasteiger partial charge < -0.3 is 9.64 Å². The Bertz CT molecular complexity index is 290. The molecule has 0 aromatic heterocycles. The molecule has 2 atom stereocenters. The maximum atomic E-state index is 5.40. The van der Waals surface area contributed by atoms with Gasteiger partial charge in [0.2, 0.25) is 0 Å². The number of hydrogen-bond acceptors (Lipinski definition) is 3. The maximum absolute atomic E-state index is 5.40. The van der Waals surface area contributed by atoms with Crippen molar-refractivity contribution < 1.29 is 4.74 Å². The molecule has 3 rings (SSSR count). The summed E-state index contributed by atoms with van der Waals surface area (Å²) in [5.41, 5.74) is 0.721. The highest BCUT2D eigenvalue weighted by Gasteiger charge is 2.42. The zero-order valence-corrected chi connectivity index (χ0v) is 12.6. The third kappa shape index (κ3) is 3.50. The van der Waals surface area contributed by atoms with Crippen LogP contribution in [0, 0.1) is 11.3 Å². The Hall–Kier alpha value is -0.120. The number of nitrogens with zero attached hydrogens (tertiary/aromatic N) is 2. The minimum absolute atomic E-state index is 0.721. The van der Waals surface area contributed by atoms with Crippen molar-refractivity contribution in [3.05, 3.63) is 0 Å². The summed E-state index contributed by atoms with van der Waals surface area (Å²) >= 11 is 0. The number of morpholine rings is 1. The van der Waals surface area contributed by atoms with Gasteiger partial charge in [-0.1, -0.05) is 13.3 Å². The lowest BCUT2D eigenvalue weighted by molar-refractivity contribution is 0.0362. The van der Waals surface area contributed by atoms with E-state index >= 15 is 0 Å². The van der Waals surface area contributed by atoms with Gasteiger partial charge in [-0.25, -0.2) is 0 Å². The van der Waals surface area contributed by atoms with E-state index in [0.717, 1.165) is 37.6 Å². The molecule has 3 nitrogen and oxygen atoms in total. The van der Waals surface area contributed by atoms with Crippen LogP contribution in [0.1, 0.15) is 39.0 Å². The monoisotopic (exact) mass is 266 g/mol. The van der Waals surface area contributed by atoms with Gasteiger partial charge >= 0.3 is 0 Å². The van der Waals surface area contributed by atoms with E-state index in [1.807, 2.05) is 0 Å². The summed E-state index contributed by atoms with van der Waals surface area (Å²) in [6, 6.07) is 0. The van der Waals surface area contributed by atoms with Gasteiger partial charge in [0.15, 0.2) is 0 Å². The van der Waals surface area contributed by atoms with E-state index in [-0.39, 0.29) is 0 Å². The number of likely N-dealkylation sites (tertiary alicyclic amines) is 1. The van der Waals surface area contributed by atoms with Crippen molar-refractivity contribution in [3.63, 3.8) is 0 Å². The highest BCUT2D eigenvalue weighted by atomic mass is 16.5. The van der Waals surface area contributed by atoms with Crippen LogP contribution in [0.5, 0.6) is 0 Å². The van der Waals surface area contributed by atoms with E-state index < -0.39 is 0 Å². The van der Waals surface area contributed by atoms with Crippen molar-refractivity contribution in [2.75, 3.05) is 52.5 Å². The first-order chi connectivity index (χ1) is 9.26. The summed E-state index contributed by atoms with van der Waals surface area (Å²) in [5.74, 6) is 0.980. The molecule has 0 N–H and O–H groups in total. The quantitative estimate of drug-likeness (QED) is 0.776. The highest BCUT2D eigenvalue weighted by Crippen LogP contribution is 2.47. The van der Waals surface area contributed by atoms with Crippen molar-refractivity contribution in [1.29, 1.82) is 0 Å². The van der Waals surface area contributed by atoms with Gasteiger partial charge in [-0.05, 0) is 56.7 Å². The van der Waals surface area contributed by atoms with Gasteiger partial charge in [0, 0.05) is 19.6 Å². The van der Waals surface area contributed by atoms with Crippen molar-refractivity contribution >= 4 is 0 Å². The third-order valence-corrected chi connectivity index (χ3v) is 5.52. The van der Waals surface area contributed by atoms with Crippen LogP contribution in [-0.4, -0.2) is 62.3 Å². The first kappa shape index (κ1) is 13.8. The fourth-order valence-corrected chi connectivity index (χ4v) is 4.43. The molecule has 0 aromatic carbocycles. The van der Waals surface area contributed by atoms with E-state index in [2.05, 4.69) is 16.7 Å². The first-order valence-electron chi connectivity index (χ1n) is 8.28. The minimum atomic E-state index is 0.721. The molecule has 1 spiro atoms. The standard InChI is InChI=1S/C16H30N2O/c1-15-3-4-16(13-15)5-8-18(14-16)7-2-6-17-9-11-19-12-10-17/h15H,2-14H2,1H3/t15-,16-/m0/s1. The molecule has 0 aromatic rings. The molecular weight excluding hydrogens is 236 g/mol. The van der Waals surface area contributed by atoms with Gasteiger partial charge in [-0.3, -0.25) is 4.90 Å².